The Morgan fingerprint density at radius 2 is 1.55 bits per heavy atom. The van der Waals surface area contributed by atoms with E-state index in [0.717, 1.165) is 10.8 Å². The van der Waals surface area contributed by atoms with Gasteiger partial charge in [0.25, 0.3) is 0 Å². The fourth-order valence-corrected chi connectivity index (χ4v) is 3.72. The molecule has 0 aliphatic heterocycles. The van der Waals surface area contributed by atoms with Crippen molar-refractivity contribution in [1.82, 2.24) is 0 Å². The Morgan fingerprint density at radius 3 is 2.23 bits per heavy atom. The van der Waals surface area contributed by atoms with Crippen LogP contribution in [0, 0.1) is 11.3 Å². The van der Waals surface area contributed by atoms with Gasteiger partial charge in [0.2, 0.25) is 0 Å². The molecule has 22 heavy (non-hydrogen) atoms. The van der Waals surface area contributed by atoms with Crippen molar-refractivity contribution in [2.24, 2.45) is 0 Å². The van der Waals surface area contributed by atoms with Gasteiger partial charge in [0.15, 0.2) is 9.84 Å². The van der Waals surface area contributed by atoms with Crippen LogP contribution >= 0.6 is 0 Å². The van der Waals surface area contributed by atoms with Crippen molar-refractivity contribution in [2.45, 2.75) is 10.6 Å². The van der Waals surface area contributed by atoms with Gasteiger partial charge in [-0.1, -0.05) is 42.5 Å². The summed E-state index contributed by atoms with van der Waals surface area (Å²) in [4.78, 5) is 0.315. The van der Waals surface area contributed by atoms with Crippen LogP contribution in [0.3, 0.4) is 0 Å². The van der Waals surface area contributed by atoms with Gasteiger partial charge in [0, 0.05) is 0 Å². The predicted octanol–water partition coefficient (Wildman–Crippen LogP) is 3.69. The zero-order valence-electron chi connectivity index (χ0n) is 11.7. The Labute approximate surface area is 129 Å². The van der Waals surface area contributed by atoms with Crippen molar-refractivity contribution in [3.05, 3.63) is 77.9 Å². The molecule has 0 fully saturated rings. The zero-order chi connectivity index (χ0) is 15.6. The summed E-state index contributed by atoms with van der Waals surface area (Å²) in [5.41, 5.74) is 1.19. The average molecular weight is 307 g/mol. The first kappa shape index (κ1) is 14.3. The smallest absolute Gasteiger partial charge is 0.182 e. The first-order valence-corrected chi connectivity index (χ1v) is 8.44. The third-order valence-corrected chi connectivity index (χ3v) is 5.21. The minimum atomic E-state index is -3.41. The first-order valence-electron chi connectivity index (χ1n) is 6.79. The normalized spacial score (nSPS) is 11.2. The van der Waals surface area contributed by atoms with Gasteiger partial charge in [-0.2, -0.15) is 5.26 Å². The van der Waals surface area contributed by atoms with Crippen molar-refractivity contribution >= 4 is 20.6 Å². The predicted molar refractivity (Wildman–Crippen MR) is 86.0 cm³/mol. The number of nitriles is 1. The van der Waals surface area contributed by atoms with Crippen LogP contribution in [-0.2, 0) is 15.6 Å². The zero-order valence-corrected chi connectivity index (χ0v) is 12.5. The van der Waals surface area contributed by atoms with E-state index < -0.39 is 9.84 Å². The maximum atomic E-state index is 12.5. The molecule has 3 aromatic carbocycles. The van der Waals surface area contributed by atoms with Gasteiger partial charge in [0.05, 0.1) is 22.3 Å². The van der Waals surface area contributed by atoms with E-state index in [-0.39, 0.29) is 5.75 Å². The number of fused-ring (bicyclic) bond motifs is 1. The van der Waals surface area contributed by atoms with Gasteiger partial charge < -0.3 is 0 Å². The summed E-state index contributed by atoms with van der Waals surface area (Å²) in [6, 6.07) is 21.5. The van der Waals surface area contributed by atoms with E-state index in [9.17, 15) is 8.42 Å². The molecule has 4 heteroatoms. The lowest BCUT2D eigenvalue weighted by Gasteiger charge is -2.06. The fourth-order valence-electron chi connectivity index (χ4n) is 2.34. The van der Waals surface area contributed by atoms with E-state index >= 15 is 0 Å². The van der Waals surface area contributed by atoms with Crippen LogP contribution in [0.4, 0.5) is 0 Å². The third kappa shape index (κ3) is 2.85. The number of hydrogen-bond acceptors (Lipinski definition) is 3. The molecule has 0 aliphatic carbocycles. The molecule has 0 heterocycles. The Morgan fingerprint density at radius 1 is 0.864 bits per heavy atom. The highest BCUT2D eigenvalue weighted by molar-refractivity contribution is 7.90. The lowest BCUT2D eigenvalue weighted by atomic mass is 10.1. The quantitative estimate of drug-likeness (QED) is 0.741. The van der Waals surface area contributed by atoms with Crippen molar-refractivity contribution in [3.8, 4) is 6.07 Å². The lowest BCUT2D eigenvalue weighted by Crippen LogP contribution is -2.05. The average Bonchev–Trinajstić information content (AvgIpc) is 2.55. The first-order chi connectivity index (χ1) is 10.6. The SMILES string of the molecule is N#Cc1ccc(CS(=O)(=O)c2ccc3ccccc3c2)cc1. The minimum Gasteiger partial charge on any atom is -0.223 e. The molecule has 0 atom stereocenters. The largest absolute Gasteiger partial charge is 0.223 e. The molecule has 0 radical (unpaired) electrons. The van der Waals surface area contributed by atoms with Gasteiger partial charge in [0.1, 0.15) is 0 Å². The van der Waals surface area contributed by atoms with E-state index in [2.05, 4.69) is 0 Å². The van der Waals surface area contributed by atoms with E-state index in [4.69, 9.17) is 5.26 Å². The Kier molecular flexibility index (Phi) is 3.66. The maximum Gasteiger partial charge on any atom is 0.182 e. The van der Waals surface area contributed by atoms with E-state index in [1.807, 2.05) is 36.4 Å². The van der Waals surface area contributed by atoms with Crippen molar-refractivity contribution < 1.29 is 8.42 Å². The van der Waals surface area contributed by atoms with Crippen LogP contribution in [0.1, 0.15) is 11.1 Å². The van der Waals surface area contributed by atoms with Crippen molar-refractivity contribution in [2.75, 3.05) is 0 Å². The monoisotopic (exact) mass is 307 g/mol. The molecule has 3 aromatic rings. The third-order valence-electron chi connectivity index (χ3n) is 3.52. The summed E-state index contributed by atoms with van der Waals surface area (Å²) in [5.74, 6) is -0.0724. The number of benzene rings is 3. The van der Waals surface area contributed by atoms with Crippen LogP contribution in [0.25, 0.3) is 10.8 Å². The van der Waals surface area contributed by atoms with Gasteiger partial charge in [-0.15, -0.1) is 0 Å². The summed E-state index contributed by atoms with van der Waals surface area (Å²) in [6.07, 6.45) is 0. The van der Waals surface area contributed by atoms with Crippen LogP contribution in [0.2, 0.25) is 0 Å². The molecule has 0 spiro atoms. The molecule has 0 N–H and O–H groups in total. The topological polar surface area (TPSA) is 57.9 Å². The summed E-state index contributed by atoms with van der Waals surface area (Å²) in [6.45, 7) is 0. The van der Waals surface area contributed by atoms with Crippen LogP contribution in [0.5, 0.6) is 0 Å². The second kappa shape index (κ2) is 5.63. The van der Waals surface area contributed by atoms with E-state index in [1.165, 1.54) is 0 Å². The summed E-state index contributed by atoms with van der Waals surface area (Å²) in [5, 5.41) is 10.7. The highest BCUT2D eigenvalue weighted by atomic mass is 32.2. The summed E-state index contributed by atoms with van der Waals surface area (Å²) < 4.78 is 25.1. The Hall–Kier alpha value is -2.64. The molecule has 0 aromatic heterocycles. The number of sulfone groups is 1. The van der Waals surface area contributed by atoms with Crippen molar-refractivity contribution in [1.29, 1.82) is 5.26 Å². The molecular weight excluding hydrogens is 294 g/mol. The van der Waals surface area contributed by atoms with Gasteiger partial charge in [-0.3, -0.25) is 0 Å². The van der Waals surface area contributed by atoms with Crippen LogP contribution in [-0.4, -0.2) is 8.42 Å². The van der Waals surface area contributed by atoms with E-state index in [0.29, 0.717) is 16.0 Å². The molecule has 0 amide bonds. The molecule has 0 unspecified atom stereocenters. The second-order valence-corrected chi connectivity index (χ2v) is 7.07. The number of nitrogens with zero attached hydrogens (tertiary/aromatic N) is 1. The maximum absolute atomic E-state index is 12.5. The highest BCUT2D eigenvalue weighted by Gasteiger charge is 2.15. The second-order valence-electron chi connectivity index (χ2n) is 5.08. The van der Waals surface area contributed by atoms with Crippen LogP contribution < -0.4 is 0 Å². The molecule has 0 saturated heterocycles. The molecule has 0 aliphatic rings. The van der Waals surface area contributed by atoms with Gasteiger partial charge in [-0.05, 0) is 40.6 Å². The molecule has 0 saturated carbocycles. The molecule has 3 nitrogen and oxygen atoms in total. The lowest BCUT2D eigenvalue weighted by molar-refractivity contribution is 0.595. The number of rotatable bonds is 3. The summed E-state index contributed by atoms with van der Waals surface area (Å²) >= 11 is 0. The Bertz CT molecular complexity index is 968. The standard InChI is InChI=1S/C18H13NO2S/c19-12-14-5-7-15(8-6-14)13-22(20,21)18-10-9-16-3-1-2-4-17(16)11-18/h1-11H,13H2. The highest BCUT2D eigenvalue weighted by Crippen LogP contribution is 2.22. The Balaban J connectivity index is 1.95. The molecular formula is C18H13NO2S. The summed E-state index contributed by atoms with van der Waals surface area (Å²) in [7, 11) is -3.41. The van der Waals surface area contributed by atoms with Crippen molar-refractivity contribution in [3.63, 3.8) is 0 Å². The van der Waals surface area contributed by atoms with Gasteiger partial charge >= 0.3 is 0 Å². The minimum absolute atomic E-state index is 0.0724. The molecule has 0 bridgehead atoms. The van der Waals surface area contributed by atoms with Crippen LogP contribution in [0.15, 0.2) is 71.6 Å². The number of hydrogen-bond donors (Lipinski definition) is 0. The fraction of sp³-hybridized carbons (Fsp3) is 0.0556. The molecule has 108 valence electrons. The van der Waals surface area contributed by atoms with Gasteiger partial charge in [-0.25, -0.2) is 8.42 Å². The molecule has 3 rings (SSSR count). The van der Waals surface area contributed by atoms with E-state index in [1.54, 1.807) is 36.4 Å².